The monoisotopic (exact) mass is 292 g/mol. The maximum atomic E-state index is 9.66. The topological polar surface area (TPSA) is 40.5 Å². The van der Waals surface area contributed by atoms with Gasteiger partial charge in [-0.15, -0.1) is 0 Å². The molecule has 0 bridgehead atoms. The third-order valence-electron chi connectivity index (χ3n) is 1.86. The fourth-order valence-corrected chi connectivity index (χ4v) is 2.51. The average Bonchev–Trinajstić information content (AvgIpc) is 1.95. The second kappa shape index (κ2) is 3.36. The molecule has 1 aromatic rings. The van der Waals surface area contributed by atoms with Gasteiger partial charge in [0.2, 0.25) is 0 Å². The number of rotatable bonds is 0. The molecule has 3 heteroatoms. The normalized spacial score (nSPS) is 11.7. The summed E-state index contributed by atoms with van der Waals surface area (Å²) < 4.78 is 0.973. The Morgan fingerprint density at radius 3 is 2.08 bits per heavy atom. The highest BCUT2D eigenvalue weighted by molar-refractivity contribution is 14.1. The van der Waals surface area contributed by atoms with E-state index in [0.717, 1.165) is 9.13 Å². The van der Waals surface area contributed by atoms with E-state index >= 15 is 0 Å². The summed E-state index contributed by atoms with van der Waals surface area (Å²) in [7, 11) is 0. The highest BCUT2D eigenvalue weighted by Crippen LogP contribution is 2.39. The van der Waals surface area contributed by atoms with Crippen molar-refractivity contribution in [3.05, 3.63) is 21.3 Å². The van der Waals surface area contributed by atoms with Crippen LogP contribution in [-0.2, 0) is 5.41 Å². The van der Waals surface area contributed by atoms with Crippen LogP contribution in [0.5, 0.6) is 11.5 Å². The average molecular weight is 292 g/mol. The molecule has 0 aliphatic rings. The highest BCUT2D eigenvalue weighted by atomic mass is 127. The van der Waals surface area contributed by atoms with Gasteiger partial charge in [-0.05, 0) is 40.1 Å². The zero-order valence-corrected chi connectivity index (χ0v) is 10.1. The molecule has 0 saturated heterocycles. The van der Waals surface area contributed by atoms with Gasteiger partial charge in [-0.25, -0.2) is 0 Å². The summed E-state index contributed by atoms with van der Waals surface area (Å²) in [5.41, 5.74) is 0.646. The Labute approximate surface area is 91.7 Å². The van der Waals surface area contributed by atoms with Crippen molar-refractivity contribution >= 4 is 22.6 Å². The minimum atomic E-state index is -0.153. The second-order valence-corrected chi connectivity index (χ2v) is 5.20. The number of aromatic hydroxyl groups is 2. The summed E-state index contributed by atoms with van der Waals surface area (Å²) in [4.78, 5) is 0. The minimum absolute atomic E-state index is 0.000556. The van der Waals surface area contributed by atoms with Crippen molar-refractivity contribution in [1.29, 1.82) is 0 Å². The molecule has 1 rings (SSSR count). The van der Waals surface area contributed by atoms with Gasteiger partial charge in [0.05, 0.1) is 0 Å². The van der Waals surface area contributed by atoms with Crippen LogP contribution in [0.15, 0.2) is 12.1 Å². The van der Waals surface area contributed by atoms with Gasteiger partial charge in [-0.1, -0.05) is 20.8 Å². The van der Waals surface area contributed by atoms with Gasteiger partial charge in [-0.2, -0.15) is 0 Å². The van der Waals surface area contributed by atoms with Crippen molar-refractivity contribution in [3.8, 4) is 11.5 Å². The van der Waals surface area contributed by atoms with E-state index in [0.29, 0.717) is 0 Å². The molecule has 0 spiro atoms. The third kappa shape index (κ3) is 2.07. The van der Waals surface area contributed by atoms with Crippen molar-refractivity contribution < 1.29 is 10.2 Å². The van der Waals surface area contributed by atoms with E-state index in [1.807, 2.05) is 20.8 Å². The molecule has 0 aromatic heterocycles. The molecule has 1 aromatic carbocycles. The van der Waals surface area contributed by atoms with Crippen LogP contribution in [-0.4, -0.2) is 10.2 Å². The van der Waals surface area contributed by atoms with Crippen LogP contribution >= 0.6 is 22.6 Å². The molecule has 0 saturated carbocycles. The summed E-state index contributed by atoms with van der Waals surface area (Å²) in [5, 5.41) is 19.0. The molecule has 2 nitrogen and oxygen atoms in total. The summed E-state index contributed by atoms with van der Waals surface area (Å²) in [6.07, 6.45) is 0. The Balaban J connectivity index is 3.43. The third-order valence-corrected chi connectivity index (χ3v) is 2.75. The molecule has 72 valence electrons. The fraction of sp³-hybridized carbons (Fsp3) is 0.400. The zero-order valence-electron chi connectivity index (χ0n) is 7.93. The van der Waals surface area contributed by atoms with Gasteiger partial charge >= 0.3 is 0 Å². The van der Waals surface area contributed by atoms with Gasteiger partial charge < -0.3 is 10.2 Å². The van der Waals surface area contributed by atoms with E-state index in [-0.39, 0.29) is 16.9 Å². The predicted octanol–water partition coefficient (Wildman–Crippen LogP) is 3.00. The van der Waals surface area contributed by atoms with Gasteiger partial charge in [0.15, 0.2) is 11.5 Å². The number of halogens is 1. The lowest BCUT2D eigenvalue weighted by molar-refractivity contribution is 0.388. The van der Waals surface area contributed by atoms with E-state index < -0.39 is 0 Å². The Hall–Kier alpha value is -0.450. The molecule has 0 unspecified atom stereocenters. The zero-order chi connectivity index (χ0) is 10.2. The Kier molecular flexibility index (Phi) is 2.75. The minimum Gasteiger partial charge on any atom is -0.504 e. The maximum Gasteiger partial charge on any atom is 0.162 e. The first kappa shape index (κ1) is 10.6. The van der Waals surface area contributed by atoms with Crippen LogP contribution < -0.4 is 0 Å². The summed E-state index contributed by atoms with van der Waals surface area (Å²) in [6, 6.07) is 3.31. The van der Waals surface area contributed by atoms with E-state index in [1.54, 1.807) is 6.07 Å². The number of hydrogen-bond acceptors (Lipinski definition) is 2. The van der Waals surface area contributed by atoms with Crippen molar-refractivity contribution in [2.45, 2.75) is 26.2 Å². The molecular weight excluding hydrogens is 279 g/mol. The van der Waals surface area contributed by atoms with Gasteiger partial charge in [0, 0.05) is 9.13 Å². The van der Waals surface area contributed by atoms with E-state index in [4.69, 9.17) is 0 Å². The van der Waals surface area contributed by atoms with Crippen molar-refractivity contribution in [2.24, 2.45) is 0 Å². The van der Waals surface area contributed by atoms with E-state index in [9.17, 15) is 10.2 Å². The van der Waals surface area contributed by atoms with Crippen LogP contribution in [0, 0.1) is 3.57 Å². The highest BCUT2D eigenvalue weighted by Gasteiger charge is 2.22. The van der Waals surface area contributed by atoms with Gasteiger partial charge in [0.25, 0.3) is 0 Å². The molecule has 0 atom stereocenters. The van der Waals surface area contributed by atoms with E-state index in [1.165, 1.54) is 6.07 Å². The lowest BCUT2D eigenvalue weighted by Gasteiger charge is -2.22. The largest absolute Gasteiger partial charge is 0.504 e. The maximum absolute atomic E-state index is 9.66. The summed E-state index contributed by atoms with van der Waals surface area (Å²) >= 11 is 2.16. The lowest BCUT2D eigenvalue weighted by atomic mass is 9.86. The Morgan fingerprint density at radius 2 is 1.69 bits per heavy atom. The predicted molar refractivity (Wildman–Crippen MR) is 61.2 cm³/mol. The molecular formula is C10H13IO2. The molecule has 0 radical (unpaired) electrons. The quantitative estimate of drug-likeness (QED) is 0.570. The first-order valence-electron chi connectivity index (χ1n) is 4.05. The van der Waals surface area contributed by atoms with Crippen molar-refractivity contribution in [3.63, 3.8) is 0 Å². The Bertz CT molecular complexity index is 326. The van der Waals surface area contributed by atoms with E-state index in [2.05, 4.69) is 22.6 Å². The number of benzene rings is 1. The van der Waals surface area contributed by atoms with Crippen LogP contribution in [0.4, 0.5) is 0 Å². The first-order chi connectivity index (χ1) is 5.84. The fourth-order valence-electron chi connectivity index (χ4n) is 1.27. The van der Waals surface area contributed by atoms with Crippen molar-refractivity contribution in [2.75, 3.05) is 0 Å². The molecule has 0 aliphatic carbocycles. The summed E-state index contributed by atoms with van der Waals surface area (Å²) in [5.74, 6) is -0.0512. The van der Waals surface area contributed by atoms with Crippen LogP contribution in [0.3, 0.4) is 0 Å². The van der Waals surface area contributed by atoms with Crippen molar-refractivity contribution in [1.82, 2.24) is 0 Å². The molecule has 2 N–H and O–H groups in total. The van der Waals surface area contributed by atoms with Crippen LogP contribution in [0.25, 0.3) is 0 Å². The molecule has 0 aliphatic heterocycles. The number of phenols is 2. The van der Waals surface area contributed by atoms with Gasteiger partial charge in [-0.3, -0.25) is 0 Å². The smallest absolute Gasteiger partial charge is 0.162 e. The first-order valence-corrected chi connectivity index (χ1v) is 5.13. The molecule has 0 heterocycles. The Morgan fingerprint density at radius 1 is 1.15 bits per heavy atom. The number of hydrogen-bond donors (Lipinski definition) is 2. The standard InChI is InChI=1S/C10H13IO2/c1-10(2,3)8-6(11)4-5-7(12)9(8)13/h4-5,12-13H,1-3H3. The molecule has 13 heavy (non-hydrogen) atoms. The lowest BCUT2D eigenvalue weighted by Crippen LogP contribution is -2.13. The summed E-state index contributed by atoms with van der Waals surface area (Å²) in [6.45, 7) is 6.01. The van der Waals surface area contributed by atoms with Gasteiger partial charge in [0.1, 0.15) is 0 Å². The molecule has 0 amide bonds. The molecule has 0 fully saturated rings. The van der Waals surface area contributed by atoms with Crippen LogP contribution in [0.2, 0.25) is 0 Å². The number of phenolic OH excluding ortho intramolecular Hbond substituents is 2. The SMILES string of the molecule is CC(C)(C)c1c(I)ccc(O)c1O. The second-order valence-electron chi connectivity index (χ2n) is 4.04. The van der Waals surface area contributed by atoms with Crippen LogP contribution in [0.1, 0.15) is 26.3 Å².